The largest absolute Gasteiger partial charge is 0.462 e. The molecule has 0 aliphatic rings. The normalized spacial score (nSPS) is 10.6. The van der Waals surface area contributed by atoms with Crippen LogP contribution in [0.2, 0.25) is 0 Å². The molecular weight excluding hydrogens is 541 g/mol. The van der Waals surface area contributed by atoms with Crippen molar-refractivity contribution in [3.05, 3.63) is 56.9 Å². The molecule has 0 aromatic carbocycles. The number of nitrogens with one attached hydrogen (secondary N) is 2. The molecule has 0 saturated heterocycles. The van der Waals surface area contributed by atoms with Crippen LogP contribution in [0.15, 0.2) is 45.8 Å². The van der Waals surface area contributed by atoms with E-state index in [0.29, 0.717) is 11.1 Å². The first-order valence-electron chi connectivity index (χ1n) is 10.7. The van der Waals surface area contributed by atoms with Crippen LogP contribution in [0.25, 0.3) is 20.9 Å². The van der Waals surface area contributed by atoms with Crippen molar-refractivity contribution in [3.63, 3.8) is 0 Å². The Morgan fingerprint density at radius 3 is 1.44 bits per heavy atom. The first-order chi connectivity index (χ1) is 17.4. The van der Waals surface area contributed by atoms with E-state index in [1.807, 2.05) is 35.0 Å². The van der Waals surface area contributed by atoms with Crippen molar-refractivity contribution in [1.82, 2.24) is 0 Å². The highest BCUT2D eigenvalue weighted by molar-refractivity contribution is 7.17. The van der Waals surface area contributed by atoms with E-state index < -0.39 is 23.8 Å². The second kappa shape index (κ2) is 11.6. The van der Waals surface area contributed by atoms with Gasteiger partial charge in [-0.15, -0.1) is 45.3 Å². The molecule has 0 bridgehead atoms. The van der Waals surface area contributed by atoms with Crippen molar-refractivity contribution in [3.8, 4) is 20.9 Å². The molecule has 4 heterocycles. The van der Waals surface area contributed by atoms with E-state index in [2.05, 4.69) is 10.6 Å². The summed E-state index contributed by atoms with van der Waals surface area (Å²) in [6.07, 6.45) is 0. The van der Waals surface area contributed by atoms with Gasteiger partial charge in [-0.25, -0.2) is 9.59 Å². The second-order valence-electron chi connectivity index (χ2n) is 7.01. The van der Waals surface area contributed by atoms with Crippen LogP contribution in [0.4, 0.5) is 10.0 Å². The highest BCUT2D eigenvalue weighted by Crippen LogP contribution is 2.39. The number of hydrogen-bond acceptors (Lipinski definition) is 10. The number of carbonyl (C=O) groups is 4. The Morgan fingerprint density at radius 1 is 0.694 bits per heavy atom. The number of thiophene rings is 4. The summed E-state index contributed by atoms with van der Waals surface area (Å²) in [6, 6.07) is 7.41. The lowest BCUT2D eigenvalue weighted by Gasteiger charge is -2.09. The van der Waals surface area contributed by atoms with E-state index >= 15 is 0 Å². The fourth-order valence-electron chi connectivity index (χ4n) is 3.26. The van der Waals surface area contributed by atoms with Crippen molar-refractivity contribution >= 4 is 79.1 Å². The minimum Gasteiger partial charge on any atom is -0.462 e. The van der Waals surface area contributed by atoms with Gasteiger partial charge in [-0.1, -0.05) is 12.1 Å². The van der Waals surface area contributed by atoms with Crippen LogP contribution in [0.3, 0.4) is 0 Å². The summed E-state index contributed by atoms with van der Waals surface area (Å²) in [7, 11) is 0. The van der Waals surface area contributed by atoms with Crippen LogP contribution in [-0.4, -0.2) is 37.0 Å². The number of hydrogen-bond donors (Lipinski definition) is 2. The highest BCUT2D eigenvalue weighted by Gasteiger charge is 2.28. The number of esters is 2. The zero-order chi connectivity index (χ0) is 25.7. The molecule has 8 nitrogen and oxygen atoms in total. The van der Waals surface area contributed by atoms with Crippen LogP contribution in [0, 0.1) is 0 Å². The van der Waals surface area contributed by atoms with Crippen molar-refractivity contribution in [2.24, 2.45) is 0 Å². The quantitative estimate of drug-likeness (QED) is 0.196. The Morgan fingerprint density at radius 2 is 1.11 bits per heavy atom. The SMILES string of the molecule is CCOC(=O)c1c(-c2cccs2)csc1NC(=O)C(=O)Nc1scc(-c2cccs2)c1C(=O)OCC. The maximum Gasteiger partial charge on any atom is 0.341 e. The predicted octanol–water partition coefficient (Wildman–Crippen LogP) is 6.20. The Kier molecular flexibility index (Phi) is 8.31. The lowest BCUT2D eigenvalue weighted by Crippen LogP contribution is -2.29. The minimum atomic E-state index is -0.985. The summed E-state index contributed by atoms with van der Waals surface area (Å²) in [6.45, 7) is 3.70. The first-order valence-corrected chi connectivity index (χ1v) is 14.2. The van der Waals surface area contributed by atoms with E-state index in [1.54, 1.807) is 24.6 Å². The third-order valence-electron chi connectivity index (χ3n) is 4.77. The smallest absolute Gasteiger partial charge is 0.341 e. The topological polar surface area (TPSA) is 111 Å². The average molecular weight is 561 g/mol. The molecule has 0 aliphatic carbocycles. The second-order valence-corrected chi connectivity index (χ2v) is 10.7. The summed E-state index contributed by atoms with van der Waals surface area (Å²) in [5.41, 5.74) is 1.61. The molecule has 186 valence electrons. The lowest BCUT2D eigenvalue weighted by molar-refractivity contribution is -0.132. The summed E-state index contributed by atoms with van der Waals surface area (Å²) in [5, 5.41) is 12.7. The van der Waals surface area contributed by atoms with Gasteiger partial charge >= 0.3 is 23.8 Å². The van der Waals surface area contributed by atoms with Crippen molar-refractivity contribution < 1.29 is 28.7 Å². The minimum absolute atomic E-state index is 0.161. The van der Waals surface area contributed by atoms with Gasteiger partial charge in [0, 0.05) is 31.6 Å². The Bertz CT molecular complexity index is 1280. The van der Waals surface area contributed by atoms with E-state index in [9.17, 15) is 19.2 Å². The van der Waals surface area contributed by atoms with Gasteiger partial charge in [0.1, 0.15) is 21.1 Å². The molecule has 0 atom stereocenters. The number of carbonyl (C=O) groups excluding carboxylic acids is 4. The van der Waals surface area contributed by atoms with Gasteiger partial charge in [-0.2, -0.15) is 0 Å². The Balaban J connectivity index is 1.58. The van der Waals surface area contributed by atoms with Crippen molar-refractivity contribution in [2.45, 2.75) is 13.8 Å². The van der Waals surface area contributed by atoms with Crippen LogP contribution >= 0.6 is 45.3 Å². The molecular formula is C24H20N2O6S4. The van der Waals surface area contributed by atoms with Crippen LogP contribution in [0.1, 0.15) is 34.6 Å². The number of amides is 2. The molecule has 4 aromatic heterocycles. The monoisotopic (exact) mass is 560 g/mol. The van der Waals surface area contributed by atoms with E-state index in [1.165, 1.54) is 22.7 Å². The summed E-state index contributed by atoms with van der Waals surface area (Å²) >= 11 is 5.12. The third-order valence-corrected chi connectivity index (χ3v) is 8.37. The zero-order valence-corrected chi connectivity index (χ0v) is 22.4. The first kappa shape index (κ1) is 25.8. The van der Waals surface area contributed by atoms with E-state index in [0.717, 1.165) is 32.4 Å². The van der Waals surface area contributed by atoms with Crippen molar-refractivity contribution in [1.29, 1.82) is 0 Å². The number of anilines is 2. The molecule has 4 aromatic rings. The van der Waals surface area contributed by atoms with E-state index in [4.69, 9.17) is 9.47 Å². The maximum absolute atomic E-state index is 12.8. The lowest BCUT2D eigenvalue weighted by atomic mass is 10.1. The van der Waals surface area contributed by atoms with Gasteiger partial charge in [-0.3, -0.25) is 9.59 Å². The molecule has 4 rings (SSSR count). The molecule has 0 saturated carbocycles. The van der Waals surface area contributed by atoms with Gasteiger partial charge in [0.05, 0.1) is 13.2 Å². The molecule has 2 amide bonds. The molecule has 2 N–H and O–H groups in total. The summed E-state index contributed by atoms with van der Waals surface area (Å²) < 4.78 is 10.4. The van der Waals surface area contributed by atoms with E-state index in [-0.39, 0.29) is 34.3 Å². The fraction of sp³-hybridized carbons (Fsp3) is 0.167. The molecule has 0 aliphatic heterocycles. The van der Waals surface area contributed by atoms with Gasteiger partial charge in [-0.05, 0) is 36.7 Å². The summed E-state index contributed by atoms with van der Waals surface area (Å²) in [5.74, 6) is -3.16. The van der Waals surface area contributed by atoms with Gasteiger partial charge in [0.2, 0.25) is 0 Å². The molecule has 12 heteroatoms. The third kappa shape index (κ3) is 5.41. The molecule has 0 unspecified atom stereocenters. The van der Waals surface area contributed by atoms with Crippen LogP contribution in [-0.2, 0) is 19.1 Å². The molecule has 0 radical (unpaired) electrons. The van der Waals surface area contributed by atoms with Crippen LogP contribution < -0.4 is 10.6 Å². The number of ether oxygens (including phenoxy) is 2. The summed E-state index contributed by atoms with van der Waals surface area (Å²) in [4.78, 5) is 52.6. The molecule has 0 fully saturated rings. The zero-order valence-electron chi connectivity index (χ0n) is 19.1. The number of rotatable bonds is 8. The van der Waals surface area contributed by atoms with Gasteiger partial charge in [0.15, 0.2) is 0 Å². The van der Waals surface area contributed by atoms with Crippen LogP contribution in [0.5, 0.6) is 0 Å². The van der Waals surface area contributed by atoms with Gasteiger partial charge in [0.25, 0.3) is 0 Å². The van der Waals surface area contributed by atoms with Crippen molar-refractivity contribution in [2.75, 3.05) is 23.8 Å². The standard InChI is InChI=1S/C24H20N2O6S4/c1-3-31-23(29)17-13(15-7-5-9-33-15)11-35-21(17)25-19(27)20(28)26-22-18(24(30)32-4-2)14(12-36-22)16-8-6-10-34-16/h5-12H,3-4H2,1-2H3,(H,25,27)(H,26,28). The Labute approximate surface area is 222 Å². The maximum atomic E-state index is 12.8. The fourth-order valence-corrected chi connectivity index (χ4v) is 6.79. The molecule has 36 heavy (non-hydrogen) atoms. The average Bonchev–Trinajstić information content (AvgIpc) is 3.65. The Hall–Kier alpha value is -3.32. The molecule has 0 spiro atoms. The highest BCUT2D eigenvalue weighted by atomic mass is 32.1. The predicted molar refractivity (Wildman–Crippen MR) is 144 cm³/mol. The van der Waals surface area contributed by atoms with Gasteiger partial charge < -0.3 is 20.1 Å².